The molecule has 2 N–H and O–H groups in total. The molecule has 1 fully saturated rings. The van der Waals surface area contributed by atoms with Crippen LogP contribution in [0.3, 0.4) is 0 Å². The Morgan fingerprint density at radius 2 is 1.71 bits per heavy atom. The van der Waals surface area contributed by atoms with Crippen LogP contribution in [0.2, 0.25) is 0 Å². The maximum Gasteiger partial charge on any atom is 0.309 e. The summed E-state index contributed by atoms with van der Waals surface area (Å²) in [7, 11) is 2.12. The van der Waals surface area contributed by atoms with Gasteiger partial charge in [0.05, 0.1) is 6.04 Å². The van der Waals surface area contributed by atoms with Gasteiger partial charge < -0.3 is 15.5 Å². The highest BCUT2D eigenvalue weighted by atomic mass is 32.1. The molecule has 1 aromatic heterocycles. The van der Waals surface area contributed by atoms with Crippen LogP contribution in [-0.4, -0.2) is 61.4 Å². The molecule has 3 rings (SSSR count). The molecule has 0 bridgehead atoms. The van der Waals surface area contributed by atoms with Crippen LogP contribution >= 0.6 is 11.3 Å². The van der Waals surface area contributed by atoms with Gasteiger partial charge in [0, 0.05) is 39.3 Å². The molecule has 1 unspecified atom stereocenters. The predicted molar refractivity (Wildman–Crippen MR) is 112 cm³/mol. The highest BCUT2D eigenvalue weighted by Gasteiger charge is 2.25. The second-order valence-corrected chi connectivity index (χ2v) is 8.07. The predicted octanol–water partition coefficient (Wildman–Crippen LogP) is 1.78. The number of rotatable bonds is 6. The van der Waals surface area contributed by atoms with Crippen molar-refractivity contribution in [1.82, 2.24) is 20.4 Å². The third-order valence-electron chi connectivity index (χ3n) is 5.14. The van der Waals surface area contributed by atoms with E-state index in [0.717, 1.165) is 37.3 Å². The molecule has 0 saturated carbocycles. The van der Waals surface area contributed by atoms with E-state index in [1.807, 2.05) is 31.2 Å². The highest BCUT2D eigenvalue weighted by molar-refractivity contribution is 7.08. The van der Waals surface area contributed by atoms with Gasteiger partial charge in [0.25, 0.3) is 0 Å². The molecule has 1 aliphatic heterocycles. The summed E-state index contributed by atoms with van der Waals surface area (Å²) in [5.74, 6) is -1.18. The standard InChI is InChI=1S/C21H28N4O2S/c1-16-3-5-17(6-4-16)13-22-20(26)21(27)23-14-19(18-7-12-28-15-18)25-10-8-24(2)9-11-25/h3-7,12,15,19H,8-11,13-14H2,1-2H3,(H,22,26)(H,23,27). The minimum absolute atomic E-state index is 0.0915. The number of nitrogens with one attached hydrogen (secondary N) is 2. The number of nitrogens with zero attached hydrogens (tertiary/aromatic N) is 2. The molecule has 1 atom stereocenters. The van der Waals surface area contributed by atoms with E-state index in [1.54, 1.807) is 11.3 Å². The largest absolute Gasteiger partial charge is 0.346 e. The summed E-state index contributed by atoms with van der Waals surface area (Å²) >= 11 is 1.65. The zero-order valence-electron chi connectivity index (χ0n) is 16.5. The third kappa shape index (κ3) is 5.64. The maximum atomic E-state index is 12.3. The molecular formula is C21H28N4O2S. The van der Waals surface area contributed by atoms with E-state index in [4.69, 9.17) is 0 Å². The second kappa shape index (κ2) is 9.82. The average Bonchev–Trinajstić information content (AvgIpc) is 3.23. The van der Waals surface area contributed by atoms with Gasteiger partial charge in [-0.15, -0.1) is 0 Å². The Morgan fingerprint density at radius 1 is 1.04 bits per heavy atom. The first kappa shape index (κ1) is 20.5. The van der Waals surface area contributed by atoms with Crippen molar-refractivity contribution in [1.29, 1.82) is 0 Å². The SMILES string of the molecule is Cc1ccc(CNC(=O)C(=O)NCC(c2ccsc2)N2CCN(C)CC2)cc1. The van der Waals surface area contributed by atoms with Crippen molar-refractivity contribution in [3.8, 4) is 0 Å². The lowest BCUT2D eigenvalue weighted by molar-refractivity contribution is -0.139. The number of hydrogen-bond acceptors (Lipinski definition) is 5. The number of benzene rings is 1. The van der Waals surface area contributed by atoms with Crippen LogP contribution in [0.1, 0.15) is 22.7 Å². The van der Waals surface area contributed by atoms with Crippen LogP contribution in [0.25, 0.3) is 0 Å². The minimum Gasteiger partial charge on any atom is -0.346 e. The summed E-state index contributed by atoms with van der Waals surface area (Å²) in [5.41, 5.74) is 3.33. The van der Waals surface area contributed by atoms with Gasteiger partial charge in [0.15, 0.2) is 0 Å². The third-order valence-corrected chi connectivity index (χ3v) is 5.84. The monoisotopic (exact) mass is 400 g/mol. The molecule has 0 aliphatic carbocycles. The molecule has 0 radical (unpaired) electrons. The first-order valence-electron chi connectivity index (χ1n) is 9.59. The van der Waals surface area contributed by atoms with E-state index in [0.29, 0.717) is 13.1 Å². The lowest BCUT2D eigenvalue weighted by atomic mass is 10.1. The summed E-state index contributed by atoms with van der Waals surface area (Å²) in [5, 5.41) is 9.68. The van der Waals surface area contributed by atoms with Crippen molar-refractivity contribution >= 4 is 23.2 Å². The highest BCUT2D eigenvalue weighted by Crippen LogP contribution is 2.23. The van der Waals surface area contributed by atoms with Gasteiger partial charge in [-0.05, 0) is 41.9 Å². The van der Waals surface area contributed by atoms with Crippen LogP contribution in [0.5, 0.6) is 0 Å². The number of amides is 2. The van der Waals surface area contributed by atoms with E-state index in [2.05, 4.69) is 44.3 Å². The number of thiophene rings is 1. The van der Waals surface area contributed by atoms with E-state index in [-0.39, 0.29) is 6.04 Å². The molecule has 6 nitrogen and oxygen atoms in total. The van der Waals surface area contributed by atoms with Gasteiger partial charge >= 0.3 is 11.8 Å². The lowest BCUT2D eigenvalue weighted by Crippen LogP contribution is -2.49. The quantitative estimate of drug-likeness (QED) is 0.726. The Balaban J connectivity index is 1.52. The summed E-state index contributed by atoms with van der Waals surface area (Å²) in [6.07, 6.45) is 0. The van der Waals surface area contributed by atoms with Crippen molar-refractivity contribution in [3.05, 3.63) is 57.8 Å². The summed E-state index contributed by atoms with van der Waals surface area (Å²) in [6.45, 7) is 6.70. The molecule has 28 heavy (non-hydrogen) atoms. The number of carbonyl (C=O) groups is 2. The molecule has 2 amide bonds. The zero-order valence-corrected chi connectivity index (χ0v) is 17.3. The fraction of sp³-hybridized carbons (Fsp3) is 0.429. The fourth-order valence-electron chi connectivity index (χ4n) is 3.29. The molecule has 0 spiro atoms. The van der Waals surface area contributed by atoms with Gasteiger partial charge in [-0.25, -0.2) is 0 Å². The van der Waals surface area contributed by atoms with E-state index in [1.165, 1.54) is 5.56 Å². The Bertz CT molecular complexity index is 768. The summed E-state index contributed by atoms with van der Waals surface area (Å²) in [4.78, 5) is 29.1. The van der Waals surface area contributed by atoms with Crippen molar-refractivity contribution in [3.63, 3.8) is 0 Å². The van der Waals surface area contributed by atoms with Gasteiger partial charge in [-0.1, -0.05) is 29.8 Å². The van der Waals surface area contributed by atoms with Crippen molar-refractivity contribution < 1.29 is 9.59 Å². The van der Waals surface area contributed by atoms with E-state index >= 15 is 0 Å². The first-order chi connectivity index (χ1) is 13.5. The minimum atomic E-state index is -0.594. The molecule has 2 aromatic rings. The zero-order chi connectivity index (χ0) is 19.9. The van der Waals surface area contributed by atoms with E-state index < -0.39 is 11.8 Å². The number of likely N-dealkylation sites (N-methyl/N-ethyl adjacent to an activating group) is 1. The number of piperazine rings is 1. The molecular weight excluding hydrogens is 372 g/mol. The summed E-state index contributed by atoms with van der Waals surface area (Å²) < 4.78 is 0. The Hall–Kier alpha value is -2.22. The Morgan fingerprint density at radius 3 is 2.36 bits per heavy atom. The number of carbonyl (C=O) groups excluding carboxylic acids is 2. The molecule has 150 valence electrons. The number of hydrogen-bond donors (Lipinski definition) is 2. The van der Waals surface area contributed by atoms with Gasteiger partial charge in [-0.2, -0.15) is 11.3 Å². The van der Waals surface area contributed by atoms with Crippen LogP contribution < -0.4 is 10.6 Å². The van der Waals surface area contributed by atoms with Crippen molar-refractivity contribution in [2.75, 3.05) is 39.8 Å². The molecule has 1 aromatic carbocycles. The van der Waals surface area contributed by atoms with Crippen LogP contribution in [0, 0.1) is 6.92 Å². The van der Waals surface area contributed by atoms with Gasteiger partial charge in [-0.3, -0.25) is 14.5 Å². The number of aryl methyl sites for hydroxylation is 1. The smallest absolute Gasteiger partial charge is 0.309 e. The van der Waals surface area contributed by atoms with E-state index in [9.17, 15) is 9.59 Å². The van der Waals surface area contributed by atoms with Crippen LogP contribution in [0.4, 0.5) is 0 Å². The molecule has 2 heterocycles. The van der Waals surface area contributed by atoms with Gasteiger partial charge in [0.2, 0.25) is 0 Å². The lowest BCUT2D eigenvalue weighted by Gasteiger charge is -2.37. The van der Waals surface area contributed by atoms with Crippen LogP contribution in [0.15, 0.2) is 41.1 Å². The maximum absolute atomic E-state index is 12.3. The fourth-order valence-corrected chi connectivity index (χ4v) is 4.00. The Kier molecular flexibility index (Phi) is 7.19. The van der Waals surface area contributed by atoms with Crippen LogP contribution in [-0.2, 0) is 16.1 Å². The second-order valence-electron chi connectivity index (χ2n) is 7.29. The first-order valence-corrected chi connectivity index (χ1v) is 10.5. The normalized spacial score (nSPS) is 16.5. The van der Waals surface area contributed by atoms with Crippen molar-refractivity contribution in [2.24, 2.45) is 0 Å². The van der Waals surface area contributed by atoms with Gasteiger partial charge in [0.1, 0.15) is 0 Å². The molecule has 1 aliphatic rings. The molecule has 1 saturated heterocycles. The molecule has 7 heteroatoms. The Labute approximate surface area is 170 Å². The average molecular weight is 401 g/mol. The topological polar surface area (TPSA) is 64.7 Å². The summed E-state index contributed by atoms with van der Waals surface area (Å²) in [6, 6.07) is 10.1. The van der Waals surface area contributed by atoms with Crippen molar-refractivity contribution in [2.45, 2.75) is 19.5 Å².